The molecular formula is C7H13NO2. The minimum Gasteiger partial charge on any atom is -0.465 e. The van der Waals surface area contributed by atoms with Crippen molar-refractivity contribution >= 4 is 5.97 Å². The molecule has 0 aliphatic rings. The van der Waals surface area contributed by atoms with Crippen molar-refractivity contribution in [2.75, 3.05) is 20.2 Å². The van der Waals surface area contributed by atoms with Crippen LogP contribution < -0.4 is 0 Å². The van der Waals surface area contributed by atoms with Crippen LogP contribution in [0, 0.1) is 0 Å². The van der Waals surface area contributed by atoms with Gasteiger partial charge in [0.15, 0.2) is 0 Å². The van der Waals surface area contributed by atoms with Crippen LogP contribution in [0.4, 0.5) is 0 Å². The van der Waals surface area contributed by atoms with Crippen molar-refractivity contribution in [2.45, 2.75) is 6.92 Å². The Morgan fingerprint density at radius 3 is 2.80 bits per heavy atom. The summed E-state index contributed by atoms with van der Waals surface area (Å²) in [5.74, 6) is -0.218. The molecule has 0 amide bonds. The first kappa shape index (κ1) is 9.01. The zero-order valence-electron chi connectivity index (χ0n) is 6.46. The van der Waals surface area contributed by atoms with Crippen molar-refractivity contribution in [2.24, 2.45) is 0 Å². The van der Waals surface area contributed by atoms with E-state index in [9.17, 15) is 4.79 Å². The van der Waals surface area contributed by atoms with Crippen LogP contribution in [0.5, 0.6) is 0 Å². The molecule has 58 valence electrons. The van der Waals surface area contributed by atoms with E-state index in [0.29, 0.717) is 6.61 Å². The van der Waals surface area contributed by atoms with Gasteiger partial charge in [-0.1, -0.05) is 6.58 Å². The summed E-state index contributed by atoms with van der Waals surface area (Å²) in [5, 5.41) is 0. The Morgan fingerprint density at radius 2 is 2.40 bits per heavy atom. The average molecular weight is 143 g/mol. The minimum atomic E-state index is -0.218. The van der Waals surface area contributed by atoms with Gasteiger partial charge in [0.2, 0.25) is 0 Å². The van der Waals surface area contributed by atoms with Crippen LogP contribution in [0.1, 0.15) is 6.92 Å². The molecule has 3 heteroatoms. The fraction of sp³-hybridized carbons (Fsp3) is 0.571. The first-order chi connectivity index (χ1) is 4.70. The number of carbonyl (C=O) groups excluding carboxylic acids is 1. The molecule has 0 bridgehead atoms. The minimum absolute atomic E-state index is 0.218. The van der Waals surface area contributed by atoms with Gasteiger partial charge in [0.05, 0.1) is 6.61 Å². The lowest BCUT2D eigenvalue weighted by Gasteiger charge is -2.10. The zero-order valence-corrected chi connectivity index (χ0v) is 6.46. The molecule has 0 heterocycles. The Hall–Kier alpha value is -0.990. The lowest BCUT2D eigenvalue weighted by atomic mass is 10.6. The molecule has 0 atom stereocenters. The highest BCUT2D eigenvalue weighted by Gasteiger charge is 2.01. The van der Waals surface area contributed by atoms with Gasteiger partial charge in [0, 0.05) is 7.05 Å². The van der Waals surface area contributed by atoms with E-state index < -0.39 is 0 Å². The zero-order chi connectivity index (χ0) is 7.98. The molecular weight excluding hydrogens is 130 g/mol. The van der Waals surface area contributed by atoms with E-state index in [1.165, 1.54) is 0 Å². The van der Waals surface area contributed by atoms with Crippen molar-refractivity contribution < 1.29 is 9.53 Å². The first-order valence-electron chi connectivity index (χ1n) is 3.19. The van der Waals surface area contributed by atoms with E-state index in [4.69, 9.17) is 0 Å². The molecule has 0 aromatic heterocycles. The lowest BCUT2D eigenvalue weighted by Crippen LogP contribution is -2.22. The van der Waals surface area contributed by atoms with Gasteiger partial charge in [-0.05, 0) is 13.1 Å². The normalized spacial score (nSPS) is 8.60. The summed E-state index contributed by atoms with van der Waals surface area (Å²) >= 11 is 0. The van der Waals surface area contributed by atoms with Crippen LogP contribution in [0.15, 0.2) is 12.8 Å². The van der Waals surface area contributed by atoms with E-state index in [0.717, 1.165) is 0 Å². The summed E-state index contributed by atoms with van der Waals surface area (Å²) in [6.07, 6.45) is 1.58. The van der Waals surface area contributed by atoms with Crippen LogP contribution in [-0.2, 0) is 9.53 Å². The van der Waals surface area contributed by atoms with Gasteiger partial charge in [0.25, 0.3) is 0 Å². The summed E-state index contributed by atoms with van der Waals surface area (Å²) in [7, 11) is 1.77. The second-order valence-corrected chi connectivity index (χ2v) is 1.90. The Balaban J connectivity index is 3.46. The highest BCUT2D eigenvalue weighted by Crippen LogP contribution is 1.84. The monoisotopic (exact) mass is 143 g/mol. The molecule has 0 saturated heterocycles. The summed E-state index contributed by atoms with van der Waals surface area (Å²) in [5.41, 5.74) is 0. The van der Waals surface area contributed by atoms with E-state index >= 15 is 0 Å². The van der Waals surface area contributed by atoms with Crippen molar-refractivity contribution in [3.63, 3.8) is 0 Å². The van der Waals surface area contributed by atoms with Crippen molar-refractivity contribution in [1.82, 2.24) is 4.90 Å². The standard InChI is InChI=1S/C7H13NO2/c1-4-8(3)6-7(9)10-5-2/h4H,1,5-6H2,2-3H3. The van der Waals surface area contributed by atoms with Gasteiger partial charge in [-0.15, -0.1) is 0 Å². The maximum absolute atomic E-state index is 10.7. The molecule has 0 unspecified atom stereocenters. The Morgan fingerprint density at radius 1 is 1.80 bits per heavy atom. The third-order valence-corrected chi connectivity index (χ3v) is 0.995. The molecule has 0 fully saturated rings. The second-order valence-electron chi connectivity index (χ2n) is 1.90. The Bertz CT molecular complexity index is 123. The highest BCUT2D eigenvalue weighted by atomic mass is 16.5. The van der Waals surface area contributed by atoms with Gasteiger partial charge >= 0.3 is 5.97 Å². The summed E-state index contributed by atoms with van der Waals surface area (Å²) < 4.78 is 4.69. The van der Waals surface area contributed by atoms with Crippen molar-refractivity contribution in [3.05, 3.63) is 12.8 Å². The van der Waals surface area contributed by atoms with Crippen LogP contribution in [-0.4, -0.2) is 31.1 Å². The van der Waals surface area contributed by atoms with Crippen LogP contribution in [0.25, 0.3) is 0 Å². The molecule has 0 aromatic carbocycles. The summed E-state index contributed by atoms with van der Waals surface area (Å²) in [4.78, 5) is 12.4. The fourth-order valence-electron chi connectivity index (χ4n) is 0.475. The predicted molar refractivity (Wildman–Crippen MR) is 39.5 cm³/mol. The molecule has 0 rings (SSSR count). The molecule has 0 N–H and O–H groups in total. The van der Waals surface area contributed by atoms with Gasteiger partial charge in [-0.2, -0.15) is 0 Å². The number of rotatable bonds is 4. The molecule has 0 radical (unpaired) electrons. The average Bonchev–Trinajstić information content (AvgIpc) is 1.88. The van der Waals surface area contributed by atoms with Crippen molar-refractivity contribution in [3.8, 4) is 0 Å². The Labute approximate surface area is 61.3 Å². The van der Waals surface area contributed by atoms with E-state index in [-0.39, 0.29) is 12.5 Å². The highest BCUT2D eigenvalue weighted by molar-refractivity contribution is 5.71. The third kappa shape index (κ3) is 3.95. The first-order valence-corrected chi connectivity index (χ1v) is 3.19. The number of esters is 1. The maximum atomic E-state index is 10.7. The predicted octanol–water partition coefficient (Wildman–Crippen LogP) is 0.625. The quantitative estimate of drug-likeness (QED) is 0.540. The van der Waals surface area contributed by atoms with Gasteiger partial charge in [-0.25, -0.2) is 0 Å². The smallest absolute Gasteiger partial charge is 0.325 e. The number of nitrogens with zero attached hydrogens (tertiary/aromatic N) is 1. The summed E-state index contributed by atoms with van der Waals surface area (Å²) in [6.45, 7) is 5.98. The Kier molecular flexibility index (Phi) is 4.37. The second kappa shape index (κ2) is 4.85. The molecule has 3 nitrogen and oxygen atoms in total. The van der Waals surface area contributed by atoms with Gasteiger partial charge in [0.1, 0.15) is 6.54 Å². The maximum Gasteiger partial charge on any atom is 0.325 e. The van der Waals surface area contributed by atoms with E-state index in [2.05, 4.69) is 11.3 Å². The van der Waals surface area contributed by atoms with Gasteiger partial charge < -0.3 is 9.64 Å². The summed E-state index contributed by atoms with van der Waals surface area (Å²) in [6, 6.07) is 0. The topological polar surface area (TPSA) is 29.5 Å². The number of carbonyl (C=O) groups is 1. The number of ether oxygens (including phenoxy) is 1. The van der Waals surface area contributed by atoms with E-state index in [1.807, 2.05) is 0 Å². The van der Waals surface area contributed by atoms with Crippen LogP contribution in [0.2, 0.25) is 0 Å². The van der Waals surface area contributed by atoms with Gasteiger partial charge in [-0.3, -0.25) is 4.79 Å². The van der Waals surface area contributed by atoms with E-state index in [1.54, 1.807) is 25.1 Å². The molecule has 0 aliphatic carbocycles. The number of hydrogen-bond acceptors (Lipinski definition) is 3. The molecule has 10 heavy (non-hydrogen) atoms. The third-order valence-electron chi connectivity index (χ3n) is 0.995. The van der Waals surface area contributed by atoms with Crippen LogP contribution >= 0.6 is 0 Å². The number of likely N-dealkylation sites (N-methyl/N-ethyl adjacent to an activating group) is 1. The molecule has 0 aliphatic heterocycles. The SMILES string of the molecule is C=CN(C)CC(=O)OCC. The molecule has 0 spiro atoms. The van der Waals surface area contributed by atoms with Crippen LogP contribution in [0.3, 0.4) is 0 Å². The fourth-order valence-corrected chi connectivity index (χ4v) is 0.475. The number of hydrogen-bond donors (Lipinski definition) is 0. The molecule has 0 aromatic rings. The lowest BCUT2D eigenvalue weighted by molar-refractivity contribution is -0.143. The largest absolute Gasteiger partial charge is 0.465 e. The molecule has 0 saturated carbocycles. The van der Waals surface area contributed by atoms with Crippen molar-refractivity contribution in [1.29, 1.82) is 0 Å².